The molecule has 194 valence electrons. The zero-order chi connectivity index (χ0) is 24.5. The largest absolute Gasteiger partial charge is 0.392 e. The van der Waals surface area contributed by atoms with Crippen molar-refractivity contribution in [2.75, 3.05) is 18.1 Å². The van der Waals surface area contributed by atoms with Crippen LogP contribution in [-0.2, 0) is 9.53 Å². The summed E-state index contributed by atoms with van der Waals surface area (Å²) < 4.78 is 6.02. The summed E-state index contributed by atoms with van der Waals surface area (Å²) in [4.78, 5) is 14.2. The van der Waals surface area contributed by atoms with Crippen LogP contribution in [0.15, 0.2) is 0 Å². The van der Waals surface area contributed by atoms with Crippen LogP contribution in [0.5, 0.6) is 0 Å². The molecule has 10 atom stereocenters. The minimum atomic E-state index is -2.10. The lowest BCUT2D eigenvalue weighted by Gasteiger charge is -2.74. The third-order valence-electron chi connectivity index (χ3n) is 10.8. The molecule has 0 unspecified atom stereocenters. The first-order valence-corrected chi connectivity index (χ1v) is 14.8. The molecule has 34 heavy (non-hydrogen) atoms. The van der Waals surface area contributed by atoms with Crippen molar-refractivity contribution in [3.8, 4) is 0 Å². The molecule has 4 aliphatic carbocycles. The number of carbonyl (C=O) groups excluding carboxylic acids is 1. The fourth-order valence-electron chi connectivity index (χ4n) is 9.31. The van der Waals surface area contributed by atoms with E-state index in [2.05, 4.69) is 20.8 Å². The summed E-state index contributed by atoms with van der Waals surface area (Å²) in [5.41, 5.74) is -2.69. The molecule has 0 radical (unpaired) electrons. The van der Waals surface area contributed by atoms with E-state index in [1.54, 1.807) is 11.8 Å². The van der Waals surface area contributed by atoms with Crippen LogP contribution in [0, 0.1) is 39.9 Å². The van der Waals surface area contributed by atoms with E-state index >= 15 is 0 Å². The molecule has 4 N–H and O–H groups in total. The van der Waals surface area contributed by atoms with Gasteiger partial charge in [-0.25, -0.2) is 0 Å². The average molecular weight is 497 g/mol. The topological polar surface area (TPSA) is 107 Å². The lowest BCUT2D eigenvalue weighted by Crippen LogP contribution is -2.85. The summed E-state index contributed by atoms with van der Waals surface area (Å²) in [6, 6.07) is 0. The minimum Gasteiger partial charge on any atom is -0.392 e. The van der Waals surface area contributed by atoms with Crippen LogP contribution in [0.1, 0.15) is 78.6 Å². The van der Waals surface area contributed by atoms with Crippen molar-refractivity contribution in [3.05, 3.63) is 0 Å². The molecular formula is C27H44O6S. The van der Waals surface area contributed by atoms with E-state index in [9.17, 15) is 25.2 Å². The van der Waals surface area contributed by atoms with Gasteiger partial charge in [-0.2, -0.15) is 11.8 Å². The number of fused-ring (bicyclic) bond motifs is 2. The van der Waals surface area contributed by atoms with E-state index in [1.165, 1.54) is 25.7 Å². The molecule has 0 aromatic heterocycles. The number of unbranched alkanes of at least 4 members (excludes halogenated alkanes) is 4. The highest BCUT2D eigenvalue weighted by Gasteiger charge is 2.87. The van der Waals surface area contributed by atoms with Crippen molar-refractivity contribution >= 4 is 17.5 Å². The fourth-order valence-corrected chi connectivity index (χ4v) is 10.5. The summed E-state index contributed by atoms with van der Waals surface area (Å²) >= 11 is 1.77. The van der Waals surface area contributed by atoms with Crippen molar-refractivity contribution in [1.29, 1.82) is 0 Å². The third kappa shape index (κ3) is 3.03. The Morgan fingerprint density at radius 3 is 2.50 bits per heavy atom. The number of Topliss-reactive ketones (excluding diaryl/α,β-unsaturated/α-hetero) is 1. The molecule has 2 heterocycles. The van der Waals surface area contributed by atoms with Gasteiger partial charge in [-0.15, -0.1) is 0 Å². The molecular weight excluding hydrogens is 452 g/mol. The predicted molar refractivity (Wildman–Crippen MR) is 131 cm³/mol. The van der Waals surface area contributed by atoms with Crippen molar-refractivity contribution < 1.29 is 30.0 Å². The Hall–Kier alpha value is -0.180. The molecule has 4 bridgehead atoms. The molecule has 2 aliphatic heterocycles. The highest BCUT2D eigenvalue weighted by Crippen LogP contribution is 2.76. The van der Waals surface area contributed by atoms with Gasteiger partial charge in [0.1, 0.15) is 11.5 Å². The Bertz CT molecular complexity index is 804. The molecule has 6 aliphatic rings. The Morgan fingerprint density at radius 1 is 1.03 bits per heavy atom. The zero-order valence-electron chi connectivity index (χ0n) is 21.0. The van der Waals surface area contributed by atoms with Crippen LogP contribution in [0.2, 0.25) is 0 Å². The number of rotatable bonds is 8. The number of thioether (sulfide) groups is 1. The van der Waals surface area contributed by atoms with Gasteiger partial charge >= 0.3 is 0 Å². The number of hydrogen-bond donors (Lipinski definition) is 4. The van der Waals surface area contributed by atoms with E-state index in [0.29, 0.717) is 18.6 Å². The Morgan fingerprint density at radius 2 is 1.76 bits per heavy atom. The van der Waals surface area contributed by atoms with E-state index in [4.69, 9.17) is 4.74 Å². The summed E-state index contributed by atoms with van der Waals surface area (Å²) in [7, 11) is 0. The van der Waals surface area contributed by atoms with Gasteiger partial charge in [0.25, 0.3) is 0 Å². The van der Waals surface area contributed by atoms with Gasteiger partial charge in [0, 0.05) is 23.0 Å². The maximum absolute atomic E-state index is 14.2. The van der Waals surface area contributed by atoms with E-state index in [1.807, 2.05) is 0 Å². The first-order valence-electron chi connectivity index (χ1n) is 13.6. The second-order valence-electron chi connectivity index (χ2n) is 12.6. The molecule has 7 heteroatoms. The van der Waals surface area contributed by atoms with Crippen molar-refractivity contribution in [1.82, 2.24) is 0 Å². The Balaban J connectivity index is 1.45. The van der Waals surface area contributed by atoms with E-state index in [0.717, 1.165) is 25.0 Å². The molecule has 2 saturated heterocycles. The highest BCUT2D eigenvalue weighted by atomic mass is 32.2. The Kier molecular flexibility index (Phi) is 6.51. The summed E-state index contributed by atoms with van der Waals surface area (Å²) in [5.74, 6) is -1.94. The normalized spacial score (nSPS) is 50.8. The lowest BCUT2D eigenvalue weighted by atomic mass is 9.35. The molecule has 6 fully saturated rings. The smallest absolute Gasteiger partial charge is 0.208 e. The Labute approximate surface area is 208 Å². The molecule has 0 amide bonds. The first kappa shape index (κ1) is 25.5. The molecule has 4 saturated carbocycles. The number of aliphatic hydroxyl groups is 4. The molecule has 2 spiro atoms. The number of hydrogen-bond acceptors (Lipinski definition) is 7. The maximum Gasteiger partial charge on any atom is 0.208 e. The third-order valence-corrected chi connectivity index (χ3v) is 11.9. The van der Waals surface area contributed by atoms with Crippen molar-refractivity contribution in [2.24, 2.45) is 39.9 Å². The molecule has 0 aromatic carbocycles. The monoisotopic (exact) mass is 496 g/mol. The van der Waals surface area contributed by atoms with Gasteiger partial charge in [-0.05, 0) is 55.1 Å². The second-order valence-corrected chi connectivity index (χ2v) is 13.8. The van der Waals surface area contributed by atoms with E-state index in [-0.39, 0.29) is 41.5 Å². The zero-order valence-corrected chi connectivity index (χ0v) is 21.9. The van der Waals surface area contributed by atoms with Gasteiger partial charge < -0.3 is 25.2 Å². The van der Waals surface area contributed by atoms with E-state index < -0.39 is 34.9 Å². The minimum absolute atomic E-state index is 0.129. The van der Waals surface area contributed by atoms with Gasteiger partial charge in [-0.3, -0.25) is 4.79 Å². The van der Waals surface area contributed by atoms with Gasteiger partial charge in [-0.1, -0.05) is 46.5 Å². The van der Waals surface area contributed by atoms with Gasteiger partial charge in [0.2, 0.25) is 5.79 Å². The summed E-state index contributed by atoms with van der Waals surface area (Å²) in [5, 5.41) is 46.7. The number of ketones is 1. The summed E-state index contributed by atoms with van der Waals surface area (Å²) in [6.45, 7) is 6.51. The second kappa shape index (κ2) is 8.70. The van der Waals surface area contributed by atoms with Gasteiger partial charge in [0.05, 0.1) is 18.8 Å². The SMILES string of the molecule is CCCCCCCSC[C@@H]1C(=O)[C@@]23[C@H](O)[C@@H]1CC[C@@H]2[C@@]12CO[C@]3(O)[C@H](O)[C@@H]1C(C)(C)CC[C@@H]2O. The quantitative estimate of drug-likeness (QED) is 0.383. The number of aliphatic hydroxyl groups excluding tert-OH is 3. The number of carbonyl (C=O) groups is 1. The maximum atomic E-state index is 14.2. The van der Waals surface area contributed by atoms with Gasteiger partial charge in [0.15, 0.2) is 5.78 Å². The highest BCUT2D eigenvalue weighted by molar-refractivity contribution is 7.99. The van der Waals surface area contributed by atoms with Crippen LogP contribution in [-0.4, -0.2) is 68.4 Å². The molecule has 6 nitrogen and oxygen atoms in total. The van der Waals surface area contributed by atoms with Crippen molar-refractivity contribution in [2.45, 2.75) is 103 Å². The lowest BCUT2D eigenvalue weighted by molar-refractivity contribution is -0.458. The first-order chi connectivity index (χ1) is 16.1. The van der Waals surface area contributed by atoms with Crippen LogP contribution in [0.3, 0.4) is 0 Å². The molecule has 6 rings (SSSR count). The van der Waals surface area contributed by atoms with Crippen LogP contribution < -0.4 is 0 Å². The van der Waals surface area contributed by atoms with Crippen LogP contribution in [0.25, 0.3) is 0 Å². The predicted octanol–water partition coefficient (Wildman–Crippen LogP) is 3.14. The summed E-state index contributed by atoms with van der Waals surface area (Å²) in [6.07, 6.45) is 5.68. The fraction of sp³-hybridized carbons (Fsp3) is 0.963. The van der Waals surface area contributed by atoms with Crippen LogP contribution >= 0.6 is 11.8 Å². The average Bonchev–Trinajstić information content (AvgIpc) is 2.90. The standard InChI is InChI=1S/C27H44O6S/c1-4-5-6-7-8-13-34-14-17-16-9-10-18-25-15-33-27(32,26(18,21(16)29)22(17)30)23(31)20(25)24(2,3)12-11-19(25)28/h16-21,23,28-29,31-32H,4-15H2,1-3H3/t16-,17+,18-,19+,20-,21-,23-,25-,26+,27-/m1/s1. The van der Waals surface area contributed by atoms with Crippen molar-refractivity contribution in [3.63, 3.8) is 0 Å². The molecule has 0 aromatic rings. The number of ether oxygens (including phenoxy) is 1. The van der Waals surface area contributed by atoms with Crippen LogP contribution in [0.4, 0.5) is 0 Å².